The van der Waals surface area contributed by atoms with Crippen molar-refractivity contribution in [1.29, 1.82) is 5.26 Å². The fraction of sp³-hybridized carbons (Fsp3) is 0.889. The van der Waals surface area contributed by atoms with Crippen molar-refractivity contribution in [1.82, 2.24) is 4.90 Å². The van der Waals surface area contributed by atoms with Gasteiger partial charge >= 0.3 is 0 Å². The van der Waals surface area contributed by atoms with Gasteiger partial charge < -0.3 is 10.0 Å². The third-order valence-electron chi connectivity index (χ3n) is 2.30. The largest absolute Gasteiger partial charge is 0.396 e. The summed E-state index contributed by atoms with van der Waals surface area (Å²) in [6.45, 7) is 3.51. The van der Waals surface area contributed by atoms with Crippen molar-refractivity contribution < 1.29 is 5.11 Å². The summed E-state index contributed by atoms with van der Waals surface area (Å²) in [6.07, 6.45) is 2.81. The molecule has 3 nitrogen and oxygen atoms in total. The van der Waals surface area contributed by atoms with Crippen molar-refractivity contribution in [2.24, 2.45) is 5.92 Å². The molecule has 1 aliphatic rings. The fourth-order valence-electron chi connectivity index (χ4n) is 1.51. The number of nitrogens with zero attached hydrogens (tertiary/aromatic N) is 2. The van der Waals surface area contributed by atoms with Crippen molar-refractivity contribution >= 4 is 0 Å². The lowest BCUT2D eigenvalue weighted by Gasteiger charge is -2.38. The Labute approximate surface area is 73.6 Å². The summed E-state index contributed by atoms with van der Waals surface area (Å²) in [5.41, 5.74) is 0. The first kappa shape index (κ1) is 9.50. The Hall–Kier alpha value is -0.590. The average molecular weight is 168 g/mol. The molecule has 68 valence electrons. The summed E-state index contributed by atoms with van der Waals surface area (Å²) in [4.78, 5) is 2.33. The zero-order chi connectivity index (χ0) is 8.81. The van der Waals surface area contributed by atoms with Crippen LogP contribution in [0.2, 0.25) is 0 Å². The fourth-order valence-corrected chi connectivity index (χ4v) is 1.51. The van der Waals surface area contributed by atoms with Crippen LogP contribution in [0, 0.1) is 17.2 Å². The van der Waals surface area contributed by atoms with E-state index in [9.17, 15) is 0 Å². The number of hydrogen-bond acceptors (Lipinski definition) is 3. The van der Waals surface area contributed by atoms with Gasteiger partial charge in [0.1, 0.15) is 0 Å². The highest BCUT2D eigenvalue weighted by Crippen LogP contribution is 2.14. The van der Waals surface area contributed by atoms with Crippen molar-refractivity contribution in [3.05, 3.63) is 0 Å². The Kier molecular flexibility index (Phi) is 4.06. The van der Waals surface area contributed by atoms with E-state index in [4.69, 9.17) is 10.4 Å². The molecule has 0 aromatic heterocycles. The highest BCUT2D eigenvalue weighted by Gasteiger charge is 2.24. The monoisotopic (exact) mass is 168 g/mol. The Morgan fingerprint density at radius 2 is 2.17 bits per heavy atom. The maximum atomic E-state index is 8.74. The number of unbranched alkanes of at least 4 members (excludes halogenated alkanes) is 2. The number of rotatable bonds is 5. The lowest BCUT2D eigenvalue weighted by atomic mass is 10.0. The van der Waals surface area contributed by atoms with Gasteiger partial charge in [0, 0.05) is 32.0 Å². The summed E-state index contributed by atoms with van der Waals surface area (Å²) in [5.74, 6) is 0.515. The van der Waals surface area contributed by atoms with Crippen LogP contribution in [0.4, 0.5) is 0 Å². The van der Waals surface area contributed by atoms with E-state index in [2.05, 4.69) is 11.0 Å². The minimum absolute atomic E-state index is 0.328. The van der Waals surface area contributed by atoms with E-state index in [1.807, 2.05) is 0 Å². The van der Waals surface area contributed by atoms with Gasteiger partial charge in [0.05, 0.1) is 6.07 Å². The molecule has 1 aliphatic heterocycles. The van der Waals surface area contributed by atoms with Crippen LogP contribution in [-0.4, -0.2) is 36.2 Å². The van der Waals surface area contributed by atoms with Crippen molar-refractivity contribution in [3.63, 3.8) is 0 Å². The Bertz CT molecular complexity index is 158. The van der Waals surface area contributed by atoms with E-state index in [0.717, 1.165) is 32.5 Å². The molecule has 3 heteroatoms. The van der Waals surface area contributed by atoms with Gasteiger partial charge in [0.25, 0.3) is 0 Å². The molecule has 1 heterocycles. The molecule has 0 saturated carbocycles. The van der Waals surface area contributed by atoms with E-state index in [-0.39, 0.29) is 0 Å². The Morgan fingerprint density at radius 3 is 2.75 bits per heavy atom. The second kappa shape index (κ2) is 5.13. The van der Waals surface area contributed by atoms with Gasteiger partial charge in [-0.05, 0) is 19.4 Å². The second-order valence-corrected chi connectivity index (χ2v) is 3.42. The van der Waals surface area contributed by atoms with E-state index >= 15 is 0 Å². The summed E-state index contributed by atoms with van der Waals surface area (Å²) in [5, 5.41) is 17.0. The molecule has 0 spiro atoms. The lowest BCUT2D eigenvalue weighted by Crippen LogP contribution is -2.48. The summed E-state index contributed by atoms with van der Waals surface area (Å²) in [7, 11) is 0. The molecule has 1 N–H and O–H groups in total. The summed E-state index contributed by atoms with van der Waals surface area (Å²) in [6, 6.07) is 2.14. The van der Waals surface area contributed by atoms with Crippen LogP contribution in [0.3, 0.4) is 0 Å². The van der Waals surface area contributed by atoms with Crippen LogP contribution in [0.5, 0.6) is 0 Å². The molecule has 0 bridgehead atoms. The van der Waals surface area contributed by atoms with Gasteiger partial charge in [-0.1, -0.05) is 0 Å². The topological polar surface area (TPSA) is 47.3 Å². The summed E-state index contributed by atoms with van der Waals surface area (Å²) < 4.78 is 0. The number of nitriles is 1. The first-order chi connectivity index (χ1) is 5.86. The minimum Gasteiger partial charge on any atom is -0.396 e. The second-order valence-electron chi connectivity index (χ2n) is 3.42. The molecule has 1 fully saturated rings. The molecule has 0 aromatic rings. The zero-order valence-electron chi connectivity index (χ0n) is 7.37. The normalized spacial score (nSPS) is 18.7. The molecule has 1 saturated heterocycles. The molecule has 1 rings (SSSR count). The predicted octanol–water partition coefficient (Wildman–Crippen LogP) is 0.604. The number of aliphatic hydroxyl groups is 1. The van der Waals surface area contributed by atoms with Gasteiger partial charge in [-0.3, -0.25) is 0 Å². The first-order valence-electron chi connectivity index (χ1n) is 4.57. The standard InChI is InChI=1S/C9H16N2O/c10-4-2-1-3-5-11-6-9(7-11)8-12/h9,12H,1-3,5-8H2. The first-order valence-corrected chi connectivity index (χ1v) is 4.57. The quantitative estimate of drug-likeness (QED) is 0.612. The molecular weight excluding hydrogens is 152 g/mol. The number of likely N-dealkylation sites (tertiary alicyclic amines) is 1. The Morgan fingerprint density at radius 1 is 1.42 bits per heavy atom. The molecule has 12 heavy (non-hydrogen) atoms. The number of hydrogen-bond donors (Lipinski definition) is 1. The van der Waals surface area contributed by atoms with Gasteiger partial charge in [-0.25, -0.2) is 0 Å². The Balaban J connectivity index is 1.87. The molecule has 0 unspecified atom stereocenters. The molecular formula is C9H16N2O. The van der Waals surface area contributed by atoms with Gasteiger partial charge in [-0.15, -0.1) is 0 Å². The van der Waals surface area contributed by atoms with Crippen LogP contribution in [-0.2, 0) is 0 Å². The predicted molar refractivity (Wildman–Crippen MR) is 46.5 cm³/mol. The van der Waals surface area contributed by atoms with Gasteiger partial charge in [0.2, 0.25) is 0 Å². The maximum Gasteiger partial charge on any atom is 0.0621 e. The molecule has 0 radical (unpaired) electrons. The summed E-state index contributed by atoms with van der Waals surface area (Å²) >= 11 is 0. The van der Waals surface area contributed by atoms with Crippen molar-refractivity contribution in [2.45, 2.75) is 19.3 Å². The van der Waals surface area contributed by atoms with Crippen LogP contribution < -0.4 is 0 Å². The van der Waals surface area contributed by atoms with E-state index < -0.39 is 0 Å². The highest BCUT2D eigenvalue weighted by atomic mass is 16.3. The van der Waals surface area contributed by atoms with Crippen LogP contribution in [0.15, 0.2) is 0 Å². The van der Waals surface area contributed by atoms with E-state index in [0.29, 0.717) is 18.9 Å². The number of aliphatic hydroxyl groups excluding tert-OH is 1. The van der Waals surface area contributed by atoms with Crippen LogP contribution in [0.1, 0.15) is 19.3 Å². The third-order valence-corrected chi connectivity index (χ3v) is 2.30. The van der Waals surface area contributed by atoms with Gasteiger partial charge in [-0.2, -0.15) is 5.26 Å². The third kappa shape index (κ3) is 2.80. The smallest absolute Gasteiger partial charge is 0.0621 e. The molecule has 0 amide bonds. The minimum atomic E-state index is 0.328. The van der Waals surface area contributed by atoms with E-state index in [1.54, 1.807) is 0 Å². The van der Waals surface area contributed by atoms with Crippen molar-refractivity contribution in [2.75, 3.05) is 26.2 Å². The van der Waals surface area contributed by atoms with Crippen LogP contribution >= 0.6 is 0 Å². The lowest BCUT2D eigenvalue weighted by molar-refractivity contribution is 0.0529. The van der Waals surface area contributed by atoms with E-state index in [1.165, 1.54) is 0 Å². The molecule has 0 aliphatic carbocycles. The van der Waals surface area contributed by atoms with Crippen molar-refractivity contribution in [3.8, 4) is 6.07 Å². The van der Waals surface area contributed by atoms with Crippen LogP contribution in [0.25, 0.3) is 0 Å². The highest BCUT2D eigenvalue weighted by molar-refractivity contribution is 4.79. The average Bonchev–Trinajstić information content (AvgIpc) is 2.01. The maximum absolute atomic E-state index is 8.74. The molecule has 0 atom stereocenters. The van der Waals surface area contributed by atoms with Gasteiger partial charge in [0.15, 0.2) is 0 Å². The zero-order valence-corrected chi connectivity index (χ0v) is 7.37. The molecule has 0 aromatic carbocycles. The SMILES string of the molecule is N#CCCCCN1CC(CO)C1.